The summed E-state index contributed by atoms with van der Waals surface area (Å²) in [6.45, 7) is 0. The van der Waals surface area contributed by atoms with E-state index in [2.05, 4.69) is 14.7 Å². The summed E-state index contributed by atoms with van der Waals surface area (Å²) in [4.78, 5) is 7.86. The van der Waals surface area contributed by atoms with Gasteiger partial charge in [0.15, 0.2) is 0 Å². The van der Waals surface area contributed by atoms with Crippen LogP contribution in [0.2, 0.25) is 0 Å². The zero-order valence-corrected chi connectivity index (χ0v) is 15.3. The van der Waals surface area contributed by atoms with Crippen molar-refractivity contribution in [1.82, 2.24) is 9.97 Å². The molecule has 2 N–H and O–H groups in total. The normalized spacial score (nSPS) is 11.4. The number of ether oxygens (including phenoxy) is 1. The van der Waals surface area contributed by atoms with Crippen molar-refractivity contribution in [3.8, 4) is 17.1 Å². The lowest BCUT2D eigenvalue weighted by Gasteiger charge is -2.09. The van der Waals surface area contributed by atoms with Crippen molar-refractivity contribution >= 4 is 26.7 Å². The molecule has 0 saturated heterocycles. The Labute approximate surface area is 156 Å². The third-order valence-electron chi connectivity index (χ3n) is 4.13. The van der Waals surface area contributed by atoms with Crippen LogP contribution in [0, 0.1) is 0 Å². The molecule has 0 amide bonds. The van der Waals surface area contributed by atoms with Gasteiger partial charge in [-0.15, -0.1) is 0 Å². The monoisotopic (exact) mass is 379 g/mol. The lowest BCUT2D eigenvalue weighted by atomic mass is 10.2. The largest absolute Gasteiger partial charge is 0.497 e. The number of imidazole rings is 1. The van der Waals surface area contributed by atoms with E-state index >= 15 is 0 Å². The molecule has 1 heterocycles. The summed E-state index contributed by atoms with van der Waals surface area (Å²) >= 11 is 0. The number of aromatic amines is 1. The highest BCUT2D eigenvalue weighted by Crippen LogP contribution is 2.25. The number of rotatable bonds is 5. The van der Waals surface area contributed by atoms with Gasteiger partial charge in [-0.3, -0.25) is 4.72 Å². The molecule has 4 aromatic rings. The maximum atomic E-state index is 12.7. The van der Waals surface area contributed by atoms with E-state index < -0.39 is 10.0 Å². The van der Waals surface area contributed by atoms with Crippen molar-refractivity contribution in [3.05, 3.63) is 72.8 Å². The van der Waals surface area contributed by atoms with Gasteiger partial charge in [0.2, 0.25) is 0 Å². The number of sulfonamides is 1. The summed E-state index contributed by atoms with van der Waals surface area (Å²) in [5.41, 5.74) is 2.73. The van der Waals surface area contributed by atoms with Crippen LogP contribution in [-0.2, 0) is 10.0 Å². The molecule has 0 bridgehead atoms. The SMILES string of the molecule is COc1cccc(NS(=O)(=O)c2ccc3nc(-c4ccccc4)[nH]c3c2)c1. The minimum atomic E-state index is -3.74. The van der Waals surface area contributed by atoms with Crippen molar-refractivity contribution in [2.75, 3.05) is 11.8 Å². The zero-order valence-electron chi connectivity index (χ0n) is 14.5. The first-order valence-corrected chi connectivity index (χ1v) is 9.75. The van der Waals surface area contributed by atoms with Crippen LogP contribution < -0.4 is 9.46 Å². The molecule has 0 aliphatic rings. The fourth-order valence-electron chi connectivity index (χ4n) is 2.79. The number of nitrogens with one attached hydrogen (secondary N) is 2. The summed E-state index contributed by atoms with van der Waals surface area (Å²) in [7, 11) is -2.21. The molecule has 0 radical (unpaired) electrons. The van der Waals surface area contributed by atoms with Gasteiger partial charge in [-0.05, 0) is 30.3 Å². The summed E-state index contributed by atoms with van der Waals surface area (Å²) in [5, 5.41) is 0. The van der Waals surface area contributed by atoms with Crippen molar-refractivity contribution in [1.29, 1.82) is 0 Å². The standard InChI is InChI=1S/C20H17N3O3S/c1-26-16-9-5-8-15(12-16)23-27(24,25)17-10-11-18-19(13-17)22-20(21-18)14-6-3-2-4-7-14/h2-13,23H,1H3,(H,21,22). The topological polar surface area (TPSA) is 84.1 Å². The predicted octanol–water partition coefficient (Wildman–Crippen LogP) is 4.04. The molecule has 0 aliphatic carbocycles. The Balaban J connectivity index is 1.68. The summed E-state index contributed by atoms with van der Waals surface area (Å²) < 4.78 is 33.2. The van der Waals surface area contributed by atoms with Gasteiger partial charge in [0.25, 0.3) is 10.0 Å². The molecule has 0 atom stereocenters. The third-order valence-corrected chi connectivity index (χ3v) is 5.51. The second kappa shape index (κ2) is 6.77. The van der Waals surface area contributed by atoms with Gasteiger partial charge in [0, 0.05) is 11.6 Å². The van der Waals surface area contributed by atoms with E-state index in [1.165, 1.54) is 7.11 Å². The first-order valence-electron chi connectivity index (χ1n) is 8.27. The van der Waals surface area contributed by atoms with Gasteiger partial charge >= 0.3 is 0 Å². The highest BCUT2D eigenvalue weighted by molar-refractivity contribution is 7.92. The number of methoxy groups -OCH3 is 1. The van der Waals surface area contributed by atoms with Gasteiger partial charge in [0.1, 0.15) is 11.6 Å². The summed E-state index contributed by atoms with van der Waals surface area (Å²) in [5.74, 6) is 1.27. The van der Waals surface area contributed by atoms with Gasteiger partial charge in [-0.1, -0.05) is 36.4 Å². The number of nitrogens with zero attached hydrogens (tertiary/aromatic N) is 1. The quantitative estimate of drug-likeness (QED) is 0.548. The highest BCUT2D eigenvalue weighted by Gasteiger charge is 2.16. The van der Waals surface area contributed by atoms with Crippen LogP contribution in [0.4, 0.5) is 5.69 Å². The number of hydrogen-bond donors (Lipinski definition) is 2. The lowest BCUT2D eigenvalue weighted by Crippen LogP contribution is -2.12. The van der Waals surface area contributed by atoms with Crippen molar-refractivity contribution < 1.29 is 13.2 Å². The molecule has 0 unspecified atom stereocenters. The predicted molar refractivity (Wildman–Crippen MR) is 105 cm³/mol. The average molecular weight is 379 g/mol. The summed E-state index contributed by atoms with van der Waals surface area (Å²) in [6, 6.07) is 21.3. The van der Waals surface area contributed by atoms with Crippen LogP contribution in [0.1, 0.15) is 0 Å². The first kappa shape index (κ1) is 17.1. The first-order chi connectivity index (χ1) is 13.0. The Kier molecular flexibility index (Phi) is 4.29. The maximum absolute atomic E-state index is 12.7. The van der Waals surface area contributed by atoms with Gasteiger partial charge in [-0.25, -0.2) is 13.4 Å². The Morgan fingerprint density at radius 3 is 2.56 bits per heavy atom. The van der Waals surface area contributed by atoms with Crippen LogP contribution in [0.5, 0.6) is 5.75 Å². The molecule has 6 nitrogen and oxygen atoms in total. The smallest absolute Gasteiger partial charge is 0.261 e. The molecular weight excluding hydrogens is 362 g/mol. The van der Waals surface area contributed by atoms with Crippen molar-refractivity contribution in [2.24, 2.45) is 0 Å². The average Bonchev–Trinajstić information content (AvgIpc) is 3.12. The molecule has 0 fully saturated rings. The van der Waals surface area contributed by atoms with Crippen molar-refractivity contribution in [2.45, 2.75) is 4.90 Å². The lowest BCUT2D eigenvalue weighted by molar-refractivity contribution is 0.415. The molecule has 4 rings (SSSR count). The van der Waals surface area contributed by atoms with E-state index in [0.29, 0.717) is 28.3 Å². The van der Waals surface area contributed by atoms with Gasteiger partial charge in [0.05, 0.1) is 28.7 Å². The van der Waals surface area contributed by atoms with Crippen LogP contribution in [-0.4, -0.2) is 25.5 Å². The Bertz CT molecular complexity index is 1200. The van der Waals surface area contributed by atoms with E-state index in [-0.39, 0.29) is 4.90 Å². The van der Waals surface area contributed by atoms with E-state index in [4.69, 9.17) is 4.74 Å². The fraction of sp³-hybridized carbons (Fsp3) is 0.0500. The van der Waals surface area contributed by atoms with Crippen molar-refractivity contribution in [3.63, 3.8) is 0 Å². The molecule has 0 saturated carbocycles. The Morgan fingerprint density at radius 1 is 0.963 bits per heavy atom. The Morgan fingerprint density at radius 2 is 1.78 bits per heavy atom. The van der Waals surface area contributed by atoms with Crippen LogP contribution in [0.15, 0.2) is 77.7 Å². The molecule has 136 valence electrons. The second-order valence-corrected chi connectivity index (χ2v) is 7.65. The second-order valence-electron chi connectivity index (χ2n) is 5.97. The minimum absolute atomic E-state index is 0.154. The van der Waals surface area contributed by atoms with Gasteiger partial charge in [-0.2, -0.15) is 0 Å². The number of anilines is 1. The third kappa shape index (κ3) is 3.50. The molecule has 1 aromatic heterocycles. The highest BCUT2D eigenvalue weighted by atomic mass is 32.2. The number of hydrogen-bond acceptors (Lipinski definition) is 4. The molecule has 7 heteroatoms. The van der Waals surface area contributed by atoms with Crippen LogP contribution in [0.3, 0.4) is 0 Å². The molecule has 0 spiro atoms. The fourth-order valence-corrected chi connectivity index (χ4v) is 3.86. The molecule has 3 aromatic carbocycles. The number of H-pyrrole nitrogens is 1. The number of benzene rings is 3. The number of fused-ring (bicyclic) bond motifs is 1. The van der Waals surface area contributed by atoms with E-state index in [1.54, 1.807) is 42.5 Å². The van der Waals surface area contributed by atoms with Gasteiger partial charge < -0.3 is 9.72 Å². The maximum Gasteiger partial charge on any atom is 0.261 e. The number of aromatic nitrogens is 2. The molecule has 0 aliphatic heterocycles. The minimum Gasteiger partial charge on any atom is -0.497 e. The van der Waals surface area contributed by atoms with E-state index in [9.17, 15) is 8.42 Å². The summed E-state index contributed by atoms with van der Waals surface area (Å²) in [6.07, 6.45) is 0. The molecule has 27 heavy (non-hydrogen) atoms. The van der Waals surface area contributed by atoms with Crippen LogP contribution >= 0.6 is 0 Å². The van der Waals surface area contributed by atoms with E-state index in [0.717, 1.165) is 5.56 Å². The van der Waals surface area contributed by atoms with Crippen LogP contribution in [0.25, 0.3) is 22.4 Å². The zero-order chi connectivity index (χ0) is 18.9. The molecular formula is C20H17N3O3S. The van der Waals surface area contributed by atoms with E-state index in [1.807, 2.05) is 30.3 Å². The Hall–Kier alpha value is -3.32.